The molecule has 0 bridgehead atoms. The second-order valence-corrected chi connectivity index (χ2v) is 29.4. The van der Waals surface area contributed by atoms with Crippen molar-refractivity contribution in [2.24, 2.45) is 84.0 Å². The Balaban J connectivity index is 3.42. The highest BCUT2D eigenvalue weighted by molar-refractivity contribution is 6.03. The lowest BCUT2D eigenvalue weighted by atomic mass is 10.0. The van der Waals surface area contributed by atoms with E-state index in [0.29, 0.717) is 37.7 Å². The number of rotatable bonds is 64. The van der Waals surface area contributed by atoms with Crippen LogP contribution in [-0.4, -0.2) is 212 Å². The summed E-state index contributed by atoms with van der Waals surface area (Å²) >= 11 is 0. The molecule has 0 fully saturated rings. The Kier molecular flexibility index (Phi) is 54.0. The molecule has 0 saturated carbocycles. The van der Waals surface area contributed by atoms with Crippen molar-refractivity contribution in [2.45, 2.75) is 287 Å². The molecule has 1 aromatic rings. The van der Waals surface area contributed by atoms with E-state index in [9.17, 15) is 71.9 Å². The number of carbonyl (C=O) groups excluding carboxylic acids is 15. The van der Waals surface area contributed by atoms with Crippen molar-refractivity contribution in [2.75, 3.05) is 39.3 Å². The number of benzene rings is 1. The van der Waals surface area contributed by atoms with Crippen LogP contribution in [0.5, 0.6) is 0 Å². The Morgan fingerprint density at radius 1 is 0.350 bits per heavy atom. The van der Waals surface area contributed by atoms with Crippen LogP contribution in [0.2, 0.25) is 0 Å². The predicted molar refractivity (Wildman–Crippen MR) is 443 cm³/mol. The largest absolute Gasteiger partial charge is 0.370 e. The molecule has 0 unspecified atom stereocenters. The van der Waals surface area contributed by atoms with Gasteiger partial charge in [0.25, 0.3) is 0 Å². The first-order valence-corrected chi connectivity index (χ1v) is 40.6. The molecule has 0 aromatic heterocycles. The minimum absolute atomic E-state index is 0.000374. The van der Waals surface area contributed by atoms with Gasteiger partial charge in [0.05, 0.1) is 19.0 Å². The van der Waals surface area contributed by atoms with Crippen molar-refractivity contribution in [1.82, 2.24) is 63.8 Å². The molecule has 0 saturated heterocycles. The minimum atomic E-state index is -1.66. The molecule has 0 heterocycles. The van der Waals surface area contributed by atoms with Gasteiger partial charge in [0.15, 0.2) is 17.9 Å². The molecule has 0 aliphatic heterocycles. The SMILES string of the molecule is CCCCCCCCCCCCCC(=O)NC(=O)[C@H](CC(N)=O)NC(=O)[C@H](CCCCN)NC(=O)[C@H](CCC(N)=O)NC(=O)[C@H](CCCN=C(N)N)NC(=O)[C@H](CC(C)C)NC(=O)[C@H](C)NC(=O)CNC(=O)[C@H](CCCCN)NC(=O)[C@H](CCCN=C(N)N)NC(=O)[C@H](C)NC(=O)[C@H](Cc1ccccc1)NC(=O)[C@@H](N)CCCN=C(N)N. The maximum absolute atomic E-state index is 14.5. The van der Waals surface area contributed by atoms with E-state index in [1.54, 1.807) is 44.2 Å². The number of guanidine groups is 3. The molecule has 41 nitrogen and oxygen atoms in total. The van der Waals surface area contributed by atoms with Crippen LogP contribution in [0.15, 0.2) is 45.3 Å². The number of nitrogens with zero attached hydrogens (tertiary/aromatic N) is 3. The van der Waals surface area contributed by atoms with Gasteiger partial charge in [-0.15, -0.1) is 0 Å². The van der Waals surface area contributed by atoms with Gasteiger partial charge in [-0.3, -0.25) is 92.2 Å². The summed E-state index contributed by atoms with van der Waals surface area (Å²) in [6, 6.07) is -6.70. The van der Waals surface area contributed by atoms with Gasteiger partial charge >= 0.3 is 0 Å². The van der Waals surface area contributed by atoms with Crippen LogP contribution < -0.4 is 127 Å². The number of aliphatic imine (C=N–C) groups is 3. The van der Waals surface area contributed by atoms with Gasteiger partial charge in [-0.1, -0.05) is 115 Å². The molecular weight excluding hydrogens is 1520 g/mol. The molecule has 0 spiro atoms. The Morgan fingerprint density at radius 3 is 1.18 bits per heavy atom. The van der Waals surface area contributed by atoms with Crippen molar-refractivity contribution in [3.63, 3.8) is 0 Å². The van der Waals surface area contributed by atoms with E-state index in [0.717, 1.165) is 32.1 Å². The third kappa shape index (κ3) is 49.0. The molecule has 660 valence electrons. The number of imide groups is 1. The number of nitrogens with one attached hydrogen (secondary N) is 12. The van der Waals surface area contributed by atoms with E-state index in [1.165, 1.54) is 46.0 Å². The number of hydrogen-bond acceptors (Lipinski definition) is 21. The number of nitrogens with two attached hydrogens (primary N) is 11. The molecule has 41 heteroatoms. The van der Waals surface area contributed by atoms with Gasteiger partial charge in [-0.05, 0) is 135 Å². The standard InChI is InChI=1S/C76H136N26O15/c1-6-7-8-9-10-11-12-13-14-15-19-34-61(105)102-73(117)58(44-60(81)104)101-69(113)52(31-21-23-38-78)96-70(114)55(35-36-59(80)103)98-68(112)54(33-26-41-90-76(86)87)97-72(116)56(42-46(2)3)99-63(107)47(4)92-62(106)45-91-66(110)51(30-20-22-37-77)95-67(111)53(32-25-40-89-75(84)85)94-64(108)48(5)93-71(115)57(43-49-27-17-16-18-28-49)100-65(109)50(79)29-24-39-88-74(82)83/h16-18,27-28,46-48,50-58H,6-15,19-26,29-45,77-79H2,1-5H3,(H2,80,103)(H2,81,104)(H,91,110)(H,92,106)(H,93,115)(H,94,108)(H,95,111)(H,96,114)(H,97,116)(H,98,112)(H,99,107)(H,100,109)(H,101,113)(H4,82,83,88)(H4,84,85,89)(H4,86,87,90)(H,102,105,117)/t47-,48-,50-,51-,52-,53-,54-,55-,56-,57-,58-/m0/s1. The highest BCUT2D eigenvalue weighted by atomic mass is 16.2. The lowest BCUT2D eigenvalue weighted by molar-refractivity contribution is -0.137. The van der Waals surface area contributed by atoms with Crippen LogP contribution in [0.25, 0.3) is 0 Å². The second kappa shape index (κ2) is 60.6. The van der Waals surface area contributed by atoms with E-state index in [1.807, 2.05) is 0 Å². The van der Waals surface area contributed by atoms with E-state index in [-0.39, 0.29) is 127 Å². The zero-order valence-corrected chi connectivity index (χ0v) is 68.9. The van der Waals surface area contributed by atoms with Gasteiger partial charge < -0.3 is 122 Å². The summed E-state index contributed by atoms with van der Waals surface area (Å²) < 4.78 is 0. The van der Waals surface area contributed by atoms with Gasteiger partial charge in [0, 0.05) is 38.9 Å². The van der Waals surface area contributed by atoms with E-state index < -0.39 is 181 Å². The summed E-state index contributed by atoms with van der Waals surface area (Å²) in [7, 11) is 0. The smallest absolute Gasteiger partial charge is 0.249 e. The highest BCUT2D eigenvalue weighted by Crippen LogP contribution is 2.15. The fraction of sp³-hybridized carbons (Fsp3) is 0.684. The zero-order valence-electron chi connectivity index (χ0n) is 68.9. The molecule has 1 aromatic carbocycles. The Morgan fingerprint density at radius 2 is 0.735 bits per heavy atom. The average Bonchev–Trinajstić information content (AvgIpc) is 0.843. The summed E-state index contributed by atoms with van der Waals surface area (Å²) in [5.41, 5.74) is 62.4. The van der Waals surface area contributed by atoms with Gasteiger partial charge in [-0.2, -0.15) is 0 Å². The van der Waals surface area contributed by atoms with E-state index >= 15 is 0 Å². The summed E-state index contributed by atoms with van der Waals surface area (Å²) in [5, 5.41) is 30.3. The zero-order chi connectivity index (χ0) is 87.8. The second-order valence-electron chi connectivity index (χ2n) is 29.4. The third-order valence-electron chi connectivity index (χ3n) is 18.4. The Bertz CT molecular complexity index is 3370. The van der Waals surface area contributed by atoms with Crippen LogP contribution in [0.1, 0.15) is 220 Å². The molecular formula is C76H136N26O15. The van der Waals surface area contributed by atoms with Crippen LogP contribution in [0, 0.1) is 5.92 Å². The first-order valence-electron chi connectivity index (χ1n) is 40.6. The van der Waals surface area contributed by atoms with Crippen molar-refractivity contribution >= 4 is 106 Å². The van der Waals surface area contributed by atoms with Crippen LogP contribution in [0.4, 0.5) is 0 Å². The van der Waals surface area contributed by atoms with Crippen molar-refractivity contribution in [3.8, 4) is 0 Å². The summed E-state index contributed by atoms with van der Waals surface area (Å²) in [6.07, 6.45) is 11.3. The molecule has 34 N–H and O–H groups in total. The maximum atomic E-state index is 14.5. The van der Waals surface area contributed by atoms with E-state index in [4.69, 9.17) is 63.1 Å². The average molecular weight is 1650 g/mol. The van der Waals surface area contributed by atoms with Gasteiger partial charge in [0.1, 0.15) is 60.4 Å². The molecule has 15 amide bonds. The number of hydrogen-bond donors (Lipinski definition) is 23. The summed E-state index contributed by atoms with van der Waals surface area (Å²) in [6.45, 7) is 8.07. The van der Waals surface area contributed by atoms with Crippen LogP contribution >= 0.6 is 0 Å². The lowest BCUT2D eigenvalue weighted by Gasteiger charge is -2.28. The number of carbonyl (C=O) groups is 15. The third-order valence-corrected chi connectivity index (χ3v) is 18.4. The monoisotopic (exact) mass is 1650 g/mol. The van der Waals surface area contributed by atoms with E-state index in [2.05, 4.69) is 85.7 Å². The molecule has 1 rings (SSSR count). The fourth-order valence-corrected chi connectivity index (χ4v) is 11.9. The molecule has 0 radical (unpaired) electrons. The Labute approximate surface area is 685 Å². The van der Waals surface area contributed by atoms with Gasteiger partial charge in [-0.25, -0.2) is 0 Å². The number of unbranched alkanes of at least 4 members (excludes halogenated alkanes) is 12. The molecule has 11 atom stereocenters. The molecule has 0 aliphatic carbocycles. The topological polar surface area (TPSA) is 724 Å². The minimum Gasteiger partial charge on any atom is -0.370 e. The number of primary amides is 2. The molecule has 0 aliphatic rings. The Hall–Kier alpha value is -10.8. The lowest BCUT2D eigenvalue weighted by Crippen LogP contribution is -2.60. The van der Waals surface area contributed by atoms with Crippen molar-refractivity contribution in [1.29, 1.82) is 0 Å². The maximum Gasteiger partial charge on any atom is 0.249 e. The van der Waals surface area contributed by atoms with Crippen LogP contribution in [0.3, 0.4) is 0 Å². The first kappa shape index (κ1) is 104. The summed E-state index contributed by atoms with van der Waals surface area (Å²) in [5.74, 6) is -14.2. The highest BCUT2D eigenvalue weighted by Gasteiger charge is 2.36. The van der Waals surface area contributed by atoms with Crippen LogP contribution in [-0.2, 0) is 78.3 Å². The van der Waals surface area contributed by atoms with Crippen molar-refractivity contribution < 1.29 is 71.9 Å². The number of amides is 15. The fourth-order valence-electron chi connectivity index (χ4n) is 11.9. The molecule has 117 heavy (non-hydrogen) atoms. The van der Waals surface area contributed by atoms with Gasteiger partial charge in [0.2, 0.25) is 88.6 Å². The normalized spacial score (nSPS) is 13.8. The summed E-state index contributed by atoms with van der Waals surface area (Å²) in [4.78, 5) is 217. The van der Waals surface area contributed by atoms with Crippen molar-refractivity contribution in [3.05, 3.63) is 35.9 Å². The predicted octanol–water partition coefficient (Wildman–Crippen LogP) is -4.49. The quantitative estimate of drug-likeness (QED) is 0.0166. The first-order chi connectivity index (χ1) is 55.5.